The number of fused-ring (bicyclic) bond motifs is 2. The van der Waals surface area contributed by atoms with Crippen LogP contribution in [0.2, 0.25) is 0 Å². The summed E-state index contributed by atoms with van der Waals surface area (Å²) >= 11 is 17.1. The van der Waals surface area contributed by atoms with Gasteiger partial charge in [0.15, 0.2) is 17.3 Å². The number of ketones is 3. The SMILES string of the molecule is O=C(CCl)c1ccc2c(c1)C(C(=O)CCl)c1cc(C(=O)CCl)ccc1O2. The molecule has 0 bridgehead atoms. The van der Waals surface area contributed by atoms with Gasteiger partial charge in [0, 0.05) is 22.3 Å². The maximum atomic E-state index is 12.6. The number of carbonyl (C=O) groups excluding carboxylic acids is 3. The van der Waals surface area contributed by atoms with Gasteiger partial charge in [-0.3, -0.25) is 14.4 Å². The van der Waals surface area contributed by atoms with E-state index in [1.165, 1.54) is 0 Å². The highest BCUT2D eigenvalue weighted by Crippen LogP contribution is 2.45. The highest BCUT2D eigenvalue weighted by molar-refractivity contribution is 6.31. The van der Waals surface area contributed by atoms with Gasteiger partial charge >= 0.3 is 0 Å². The van der Waals surface area contributed by atoms with Crippen LogP contribution in [0.25, 0.3) is 0 Å². The Hall–Kier alpha value is -1.88. The molecule has 26 heavy (non-hydrogen) atoms. The van der Waals surface area contributed by atoms with Gasteiger partial charge in [-0.1, -0.05) is 0 Å². The summed E-state index contributed by atoms with van der Waals surface area (Å²) in [5.74, 6) is -1.15. The molecule has 0 atom stereocenters. The standard InChI is InChI=1S/C19H13Cl3O4/c20-7-14(23)10-1-3-17-12(5-10)19(16(25)9-22)13-6-11(15(24)8-21)2-4-18(13)26-17/h1-6,19H,7-9H2. The molecule has 0 unspecified atom stereocenters. The van der Waals surface area contributed by atoms with Crippen molar-refractivity contribution in [2.24, 2.45) is 0 Å². The highest BCUT2D eigenvalue weighted by Gasteiger charge is 2.33. The molecule has 0 saturated heterocycles. The summed E-state index contributed by atoms with van der Waals surface area (Å²) in [7, 11) is 0. The van der Waals surface area contributed by atoms with Crippen LogP contribution in [0.1, 0.15) is 37.8 Å². The average molecular weight is 412 g/mol. The fourth-order valence-corrected chi connectivity index (χ4v) is 3.41. The number of carbonyl (C=O) groups is 3. The lowest BCUT2D eigenvalue weighted by Gasteiger charge is -2.28. The average Bonchev–Trinajstić information content (AvgIpc) is 2.69. The first-order valence-corrected chi connectivity index (χ1v) is 9.33. The zero-order valence-electron chi connectivity index (χ0n) is 13.4. The van der Waals surface area contributed by atoms with Crippen molar-refractivity contribution < 1.29 is 19.1 Å². The van der Waals surface area contributed by atoms with Crippen molar-refractivity contribution in [2.75, 3.05) is 17.6 Å². The number of benzene rings is 2. The Kier molecular flexibility index (Phi) is 5.66. The number of alkyl halides is 3. The van der Waals surface area contributed by atoms with E-state index in [0.29, 0.717) is 33.8 Å². The Bertz CT molecular complexity index is 842. The number of halogens is 3. The second-order valence-electron chi connectivity index (χ2n) is 5.75. The third-order valence-electron chi connectivity index (χ3n) is 4.20. The van der Waals surface area contributed by atoms with Gasteiger partial charge in [-0.15, -0.1) is 34.8 Å². The predicted octanol–water partition coefficient (Wildman–Crippen LogP) is 4.58. The van der Waals surface area contributed by atoms with E-state index in [1.807, 2.05) is 0 Å². The van der Waals surface area contributed by atoms with Crippen molar-refractivity contribution in [3.05, 3.63) is 58.7 Å². The van der Waals surface area contributed by atoms with Crippen LogP contribution >= 0.6 is 34.8 Å². The highest BCUT2D eigenvalue weighted by atomic mass is 35.5. The van der Waals surface area contributed by atoms with Gasteiger partial charge in [-0.2, -0.15) is 0 Å². The molecule has 0 spiro atoms. The van der Waals surface area contributed by atoms with Crippen LogP contribution in [-0.2, 0) is 4.79 Å². The van der Waals surface area contributed by atoms with Crippen LogP contribution < -0.4 is 4.74 Å². The molecule has 0 aliphatic carbocycles. The van der Waals surface area contributed by atoms with Crippen LogP contribution in [0.15, 0.2) is 36.4 Å². The third-order valence-corrected chi connectivity index (χ3v) is 4.95. The largest absolute Gasteiger partial charge is 0.457 e. The molecule has 0 radical (unpaired) electrons. The monoisotopic (exact) mass is 410 g/mol. The summed E-state index contributed by atoms with van der Waals surface area (Å²) in [4.78, 5) is 36.4. The molecule has 0 saturated carbocycles. The lowest BCUT2D eigenvalue weighted by Crippen LogP contribution is -2.21. The van der Waals surface area contributed by atoms with Gasteiger partial charge in [0.1, 0.15) is 11.5 Å². The lowest BCUT2D eigenvalue weighted by atomic mass is 9.83. The van der Waals surface area contributed by atoms with Crippen molar-refractivity contribution in [1.29, 1.82) is 0 Å². The molecule has 1 heterocycles. The third kappa shape index (κ3) is 3.37. The summed E-state index contributed by atoms with van der Waals surface area (Å²) in [6, 6.07) is 9.64. The van der Waals surface area contributed by atoms with Crippen LogP contribution in [0, 0.1) is 0 Å². The van der Waals surface area contributed by atoms with Crippen LogP contribution in [0.4, 0.5) is 0 Å². The Morgan fingerprint density at radius 1 is 0.769 bits per heavy atom. The molecule has 1 aliphatic rings. The first-order chi connectivity index (χ1) is 12.5. The van der Waals surface area contributed by atoms with E-state index in [9.17, 15) is 14.4 Å². The quantitative estimate of drug-likeness (QED) is 0.516. The van der Waals surface area contributed by atoms with Crippen LogP contribution in [-0.4, -0.2) is 35.0 Å². The molecule has 0 aromatic heterocycles. The first-order valence-electron chi connectivity index (χ1n) is 7.73. The molecule has 2 aromatic rings. The van der Waals surface area contributed by atoms with Crippen LogP contribution in [0.5, 0.6) is 11.5 Å². The smallest absolute Gasteiger partial charge is 0.177 e. The van der Waals surface area contributed by atoms with E-state index in [1.54, 1.807) is 36.4 Å². The minimum atomic E-state index is -0.739. The molecule has 0 N–H and O–H groups in total. The molecule has 3 rings (SSSR count). The lowest BCUT2D eigenvalue weighted by molar-refractivity contribution is -0.117. The van der Waals surface area contributed by atoms with E-state index in [-0.39, 0.29) is 35.0 Å². The second kappa shape index (κ2) is 7.78. The Labute approximate surface area is 165 Å². The molecule has 0 amide bonds. The Morgan fingerprint density at radius 3 is 1.62 bits per heavy atom. The van der Waals surface area contributed by atoms with E-state index in [2.05, 4.69) is 0 Å². The molecule has 4 nitrogen and oxygen atoms in total. The normalized spacial score (nSPS) is 12.7. The molecule has 7 heteroatoms. The molecule has 1 aliphatic heterocycles. The van der Waals surface area contributed by atoms with E-state index >= 15 is 0 Å². The molecule has 134 valence electrons. The Morgan fingerprint density at radius 2 is 1.23 bits per heavy atom. The van der Waals surface area contributed by atoms with Crippen molar-refractivity contribution in [3.63, 3.8) is 0 Å². The fourth-order valence-electron chi connectivity index (χ4n) is 2.95. The zero-order chi connectivity index (χ0) is 18.8. The number of hydrogen-bond acceptors (Lipinski definition) is 4. The predicted molar refractivity (Wildman–Crippen MR) is 101 cm³/mol. The minimum absolute atomic E-state index is 0.168. The van der Waals surface area contributed by atoms with E-state index in [0.717, 1.165) is 0 Å². The molecular weight excluding hydrogens is 399 g/mol. The maximum Gasteiger partial charge on any atom is 0.177 e. The molecule has 0 fully saturated rings. The summed E-state index contributed by atoms with van der Waals surface area (Å²) < 4.78 is 5.86. The topological polar surface area (TPSA) is 60.4 Å². The first kappa shape index (κ1) is 18.9. The number of rotatable bonds is 6. The van der Waals surface area contributed by atoms with Gasteiger partial charge in [-0.25, -0.2) is 0 Å². The second-order valence-corrected chi connectivity index (χ2v) is 6.56. The zero-order valence-corrected chi connectivity index (χ0v) is 15.7. The van der Waals surface area contributed by atoms with Crippen molar-refractivity contribution >= 4 is 52.2 Å². The van der Waals surface area contributed by atoms with Gasteiger partial charge in [0.2, 0.25) is 0 Å². The number of Topliss-reactive ketones (excluding diaryl/α,β-unsaturated/α-hetero) is 3. The minimum Gasteiger partial charge on any atom is -0.457 e. The Balaban J connectivity index is 2.17. The number of ether oxygens (including phenoxy) is 1. The van der Waals surface area contributed by atoms with Gasteiger partial charge in [0.05, 0.1) is 23.6 Å². The maximum absolute atomic E-state index is 12.6. The van der Waals surface area contributed by atoms with Gasteiger partial charge < -0.3 is 4.74 Å². The van der Waals surface area contributed by atoms with Crippen molar-refractivity contribution in [2.45, 2.75) is 5.92 Å². The fraction of sp³-hybridized carbons (Fsp3) is 0.211. The van der Waals surface area contributed by atoms with Crippen molar-refractivity contribution in [3.8, 4) is 11.5 Å². The molecule has 2 aromatic carbocycles. The van der Waals surface area contributed by atoms with Crippen molar-refractivity contribution in [1.82, 2.24) is 0 Å². The van der Waals surface area contributed by atoms with Gasteiger partial charge in [-0.05, 0) is 36.4 Å². The number of hydrogen-bond donors (Lipinski definition) is 0. The summed E-state index contributed by atoms with van der Waals surface area (Å²) in [6.45, 7) is 0. The molecular formula is C19H13Cl3O4. The van der Waals surface area contributed by atoms with E-state index < -0.39 is 5.92 Å². The van der Waals surface area contributed by atoms with Gasteiger partial charge in [0.25, 0.3) is 0 Å². The summed E-state index contributed by atoms with van der Waals surface area (Å²) in [5, 5.41) is 0. The van der Waals surface area contributed by atoms with Crippen LogP contribution in [0.3, 0.4) is 0 Å². The summed E-state index contributed by atoms with van der Waals surface area (Å²) in [5.41, 5.74) is 1.81. The van der Waals surface area contributed by atoms with E-state index in [4.69, 9.17) is 39.5 Å². The summed E-state index contributed by atoms with van der Waals surface area (Å²) in [6.07, 6.45) is 0.